The number of hydrogen-bond acceptors (Lipinski definition) is 3. The molecule has 0 aromatic heterocycles. The molecule has 0 aliphatic carbocycles. The molecule has 0 fully saturated rings. The van der Waals surface area contributed by atoms with Crippen molar-refractivity contribution < 1.29 is 14.6 Å². The lowest BCUT2D eigenvalue weighted by molar-refractivity contribution is -0.274. The SMILES string of the molecule is CCC(O)(Oc1cccc(Br)c1Br)Oc1cccc(Br)c1Br. The molecule has 0 bridgehead atoms. The molecule has 0 heterocycles. The lowest BCUT2D eigenvalue weighted by Crippen LogP contribution is -2.41. The quantitative estimate of drug-likeness (QED) is 0.440. The average molecular weight is 560 g/mol. The molecule has 0 aliphatic rings. The van der Waals surface area contributed by atoms with Crippen molar-refractivity contribution in [3.63, 3.8) is 0 Å². The van der Waals surface area contributed by atoms with E-state index < -0.39 is 5.97 Å². The molecule has 22 heavy (non-hydrogen) atoms. The molecule has 0 amide bonds. The standard InChI is InChI=1S/C15H12Br4O3/c1-2-15(20,21-11-7-3-5-9(16)13(11)18)22-12-8-4-6-10(17)14(12)19/h3-8,20H,2H2,1H3. The summed E-state index contributed by atoms with van der Waals surface area (Å²) in [6.45, 7) is 1.78. The summed E-state index contributed by atoms with van der Waals surface area (Å²) < 4.78 is 14.4. The highest BCUT2D eigenvalue weighted by atomic mass is 79.9. The third-order valence-electron chi connectivity index (χ3n) is 2.82. The molecule has 7 heteroatoms. The number of hydrogen-bond donors (Lipinski definition) is 1. The first-order valence-electron chi connectivity index (χ1n) is 6.34. The Bertz CT molecular complexity index is 622. The molecular weight excluding hydrogens is 548 g/mol. The van der Waals surface area contributed by atoms with Crippen molar-refractivity contribution in [2.45, 2.75) is 19.3 Å². The molecule has 0 radical (unpaired) electrons. The van der Waals surface area contributed by atoms with Crippen LogP contribution in [0.1, 0.15) is 13.3 Å². The number of halogens is 4. The van der Waals surface area contributed by atoms with Crippen molar-refractivity contribution in [1.29, 1.82) is 0 Å². The first-order chi connectivity index (χ1) is 10.4. The number of aliphatic hydroxyl groups is 1. The van der Waals surface area contributed by atoms with Crippen LogP contribution in [0.3, 0.4) is 0 Å². The van der Waals surface area contributed by atoms with Crippen LogP contribution in [-0.4, -0.2) is 11.1 Å². The summed E-state index contributed by atoms with van der Waals surface area (Å²) in [5, 5.41) is 10.6. The Labute approximate surface area is 162 Å². The van der Waals surface area contributed by atoms with Gasteiger partial charge in [0.1, 0.15) is 11.5 Å². The van der Waals surface area contributed by atoms with Crippen LogP contribution in [0.15, 0.2) is 54.3 Å². The van der Waals surface area contributed by atoms with Crippen molar-refractivity contribution in [2.24, 2.45) is 0 Å². The molecule has 2 aromatic carbocycles. The minimum absolute atomic E-state index is 0.241. The molecule has 0 spiro atoms. The predicted molar refractivity (Wildman–Crippen MR) is 100 cm³/mol. The summed E-state index contributed by atoms with van der Waals surface area (Å²) in [7, 11) is 0. The Morgan fingerprint density at radius 1 is 0.864 bits per heavy atom. The third kappa shape index (κ3) is 4.26. The largest absolute Gasteiger partial charge is 0.429 e. The Kier molecular flexibility index (Phi) is 6.36. The topological polar surface area (TPSA) is 38.7 Å². The molecule has 0 saturated heterocycles. The molecule has 0 unspecified atom stereocenters. The summed E-state index contributed by atoms with van der Waals surface area (Å²) in [4.78, 5) is 0. The van der Waals surface area contributed by atoms with Crippen molar-refractivity contribution in [1.82, 2.24) is 0 Å². The summed E-state index contributed by atoms with van der Waals surface area (Å²) in [5.41, 5.74) is 0. The summed E-state index contributed by atoms with van der Waals surface area (Å²) in [5.74, 6) is -0.832. The molecule has 2 rings (SSSR count). The fourth-order valence-corrected chi connectivity index (χ4v) is 3.02. The van der Waals surface area contributed by atoms with Crippen molar-refractivity contribution >= 4 is 63.7 Å². The molecule has 3 nitrogen and oxygen atoms in total. The number of benzene rings is 2. The van der Waals surface area contributed by atoms with Crippen LogP contribution in [0.5, 0.6) is 11.5 Å². The number of ether oxygens (including phenoxy) is 2. The van der Waals surface area contributed by atoms with E-state index in [2.05, 4.69) is 63.7 Å². The van der Waals surface area contributed by atoms with E-state index in [1.807, 2.05) is 24.3 Å². The second-order valence-electron chi connectivity index (χ2n) is 4.37. The van der Waals surface area contributed by atoms with Gasteiger partial charge in [-0.2, -0.15) is 0 Å². The number of rotatable bonds is 5. The second-order valence-corrected chi connectivity index (χ2v) is 7.67. The summed E-state index contributed by atoms with van der Waals surface area (Å²) in [6.07, 6.45) is 0.241. The Balaban J connectivity index is 2.29. The van der Waals surface area contributed by atoms with Crippen LogP contribution < -0.4 is 9.47 Å². The van der Waals surface area contributed by atoms with Crippen LogP contribution in [-0.2, 0) is 0 Å². The highest BCUT2D eigenvalue weighted by Gasteiger charge is 2.32. The van der Waals surface area contributed by atoms with Gasteiger partial charge in [-0.05, 0) is 88.0 Å². The monoisotopic (exact) mass is 556 g/mol. The van der Waals surface area contributed by atoms with E-state index in [-0.39, 0.29) is 6.42 Å². The van der Waals surface area contributed by atoms with Crippen LogP contribution in [0.4, 0.5) is 0 Å². The second kappa shape index (κ2) is 7.66. The molecule has 118 valence electrons. The van der Waals surface area contributed by atoms with Crippen LogP contribution in [0.2, 0.25) is 0 Å². The van der Waals surface area contributed by atoms with Gasteiger partial charge in [0.2, 0.25) is 0 Å². The van der Waals surface area contributed by atoms with Gasteiger partial charge in [-0.25, -0.2) is 0 Å². The van der Waals surface area contributed by atoms with Gasteiger partial charge in [0.05, 0.1) is 15.4 Å². The molecule has 0 saturated carbocycles. The summed E-state index contributed by atoms with van der Waals surface area (Å²) >= 11 is 13.6. The lowest BCUT2D eigenvalue weighted by Gasteiger charge is -2.29. The van der Waals surface area contributed by atoms with E-state index in [1.54, 1.807) is 19.1 Å². The zero-order chi connectivity index (χ0) is 16.3. The lowest BCUT2D eigenvalue weighted by atomic mass is 10.3. The van der Waals surface area contributed by atoms with Crippen LogP contribution in [0.25, 0.3) is 0 Å². The van der Waals surface area contributed by atoms with Gasteiger partial charge in [0.25, 0.3) is 0 Å². The third-order valence-corrected chi connectivity index (χ3v) is 6.84. The van der Waals surface area contributed by atoms with E-state index >= 15 is 0 Å². The van der Waals surface area contributed by atoms with E-state index in [9.17, 15) is 5.11 Å². The van der Waals surface area contributed by atoms with E-state index in [0.29, 0.717) is 20.4 Å². The zero-order valence-corrected chi connectivity index (χ0v) is 17.8. The fourth-order valence-electron chi connectivity index (χ4n) is 1.63. The average Bonchev–Trinajstić information content (AvgIpc) is 2.49. The molecule has 1 N–H and O–H groups in total. The minimum Gasteiger partial charge on any atom is -0.429 e. The van der Waals surface area contributed by atoms with Gasteiger partial charge in [-0.3, -0.25) is 0 Å². The maximum Gasteiger partial charge on any atom is 0.368 e. The Morgan fingerprint density at radius 2 is 1.27 bits per heavy atom. The summed E-state index contributed by atoms with van der Waals surface area (Å²) in [6, 6.07) is 10.9. The van der Waals surface area contributed by atoms with Crippen LogP contribution in [0, 0.1) is 0 Å². The smallest absolute Gasteiger partial charge is 0.368 e. The maximum atomic E-state index is 10.6. The zero-order valence-electron chi connectivity index (χ0n) is 11.4. The highest BCUT2D eigenvalue weighted by molar-refractivity contribution is 9.13. The first-order valence-corrected chi connectivity index (χ1v) is 9.52. The fraction of sp³-hybridized carbons (Fsp3) is 0.200. The van der Waals surface area contributed by atoms with Gasteiger partial charge in [-0.1, -0.05) is 19.1 Å². The molecule has 0 aliphatic heterocycles. The van der Waals surface area contributed by atoms with Crippen molar-refractivity contribution in [3.8, 4) is 11.5 Å². The van der Waals surface area contributed by atoms with E-state index in [4.69, 9.17) is 9.47 Å². The molecule has 0 atom stereocenters. The first kappa shape index (κ1) is 18.3. The van der Waals surface area contributed by atoms with E-state index in [0.717, 1.165) is 8.95 Å². The molecule has 2 aromatic rings. The minimum atomic E-state index is -1.79. The molecular formula is C15H12Br4O3. The van der Waals surface area contributed by atoms with Gasteiger partial charge in [0.15, 0.2) is 0 Å². The van der Waals surface area contributed by atoms with Gasteiger partial charge < -0.3 is 14.6 Å². The van der Waals surface area contributed by atoms with E-state index in [1.165, 1.54) is 0 Å². The predicted octanol–water partition coefficient (Wildman–Crippen LogP) is 6.25. The van der Waals surface area contributed by atoms with Gasteiger partial charge in [0, 0.05) is 8.95 Å². The Morgan fingerprint density at radius 3 is 1.64 bits per heavy atom. The van der Waals surface area contributed by atoms with Crippen molar-refractivity contribution in [3.05, 3.63) is 54.3 Å². The van der Waals surface area contributed by atoms with Crippen molar-refractivity contribution in [2.75, 3.05) is 0 Å². The van der Waals surface area contributed by atoms with Gasteiger partial charge >= 0.3 is 5.97 Å². The van der Waals surface area contributed by atoms with Gasteiger partial charge in [-0.15, -0.1) is 0 Å². The van der Waals surface area contributed by atoms with Crippen LogP contribution >= 0.6 is 63.7 Å². The highest BCUT2D eigenvalue weighted by Crippen LogP contribution is 2.37. The normalized spacial score (nSPS) is 11.4. The Hall–Kier alpha value is -0.0800. The maximum absolute atomic E-state index is 10.6.